The second kappa shape index (κ2) is 9.41. The minimum absolute atomic E-state index is 0.000869. The van der Waals surface area contributed by atoms with Crippen LogP contribution in [-0.2, 0) is 19.1 Å². The van der Waals surface area contributed by atoms with E-state index in [2.05, 4.69) is 31.4 Å². The Labute approximate surface area is 204 Å². The van der Waals surface area contributed by atoms with Crippen molar-refractivity contribution in [2.45, 2.75) is 110 Å². The molecule has 0 radical (unpaired) electrons. The first-order valence-corrected chi connectivity index (χ1v) is 12.9. The number of nitrogens with one attached hydrogen (secondary N) is 2. The molecule has 8 nitrogen and oxygen atoms in total. The predicted octanol–water partition coefficient (Wildman–Crippen LogP) is 2.24. The average molecular weight is 480 g/mol. The number of amides is 3. The summed E-state index contributed by atoms with van der Waals surface area (Å²) in [4.78, 5) is 42.6. The first kappa shape index (κ1) is 26.9. The number of hydrogen-bond acceptors (Lipinski definition) is 5. The molecule has 3 aliphatic rings. The molecule has 3 aliphatic heterocycles. The number of hydrogen-bond donors (Lipinski definition) is 3. The Morgan fingerprint density at radius 1 is 1.21 bits per heavy atom. The van der Waals surface area contributed by atoms with Gasteiger partial charge in [-0.3, -0.25) is 14.4 Å². The molecule has 3 fully saturated rings. The van der Waals surface area contributed by atoms with Gasteiger partial charge >= 0.3 is 0 Å². The summed E-state index contributed by atoms with van der Waals surface area (Å²) in [5.74, 6) is -2.07. The van der Waals surface area contributed by atoms with E-state index in [0.29, 0.717) is 19.4 Å². The van der Waals surface area contributed by atoms with E-state index in [1.165, 1.54) is 0 Å². The van der Waals surface area contributed by atoms with E-state index in [4.69, 9.17) is 4.74 Å². The van der Waals surface area contributed by atoms with E-state index in [0.717, 1.165) is 12.8 Å². The molecule has 3 N–H and O–H groups in total. The maximum atomic E-state index is 14.0. The van der Waals surface area contributed by atoms with Gasteiger partial charge in [-0.15, -0.1) is 0 Å². The van der Waals surface area contributed by atoms with Crippen molar-refractivity contribution in [3.63, 3.8) is 0 Å². The van der Waals surface area contributed by atoms with Crippen molar-refractivity contribution in [2.75, 3.05) is 13.2 Å². The Kier molecular flexibility index (Phi) is 7.46. The van der Waals surface area contributed by atoms with Crippen molar-refractivity contribution in [1.29, 1.82) is 0 Å². The summed E-state index contributed by atoms with van der Waals surface area (Å²) in [6, 6.07) is -1.41. The summed E-state index contributed by atoms with van der Waals surface area (Å²) < 4.78 is 6.46. The molecular weight excluding hydrogens is 434 g/mol. The monoisotopic (exact) mass is 479 g/mol. The van der Waals surface area contributed by atoms with Gasteiger partial charge < -0.3 is 25.4 Å². The Balaban J connectivity index is 2.01. The predicted molar refractivity (Wildman–Crippen MR) is 130 cm³/mol. The maximum Gasteiger partial charge on any atom is 0.246 e. The van der Waals surface area contributed by atoms with Gasteiger partial charge in [-0.05, 0) is 50.9 Å². The molecular formula is C26H45N3O5. The highest BCUT2D eigenvalue weighted by atomic mass is 16.5. The van der Waals surface area contributed by atoms with Crippen molar-refractivity contribution < 1.29 is 24.2 Å². The fraction of sp³-hybridized carbons (Fsp3) is 0.885. The summed E-state index contributed by atoms with van der Waals surface area (Å²) in [5.41, 5.74) is -1.54. The topological polar surface area (TPSA) is 108 Å². The molecule has 6 atom stereocenters. The average Bonchev–Trinajstić information content (AvgIpc) is 3.32. The maximum absolute atomic E-state index is 14.0. The first-order valence-electron chi connectivity index (χ1n) is 12.9. The molecule has 3 rings (SSSR count). The molecule has 3 heterocycles. The van der Waals surface area contributed by atoms with Gasteiger partial charge in [0.1, 0.15) is 11.6 Å². The molecule has 1 spiro atoms. The second-order valence-electron chi connectivity index (χ2n) is 12.7. The van der Waals surface area contributed by atoms with Gasteiger partial charge in [0.05, 0.1) is 30.6 Å². The molecule has 194 valence electrons. The third kappa shape index (κ3) is 4.72. The molecule has 34 heavy (non-hydrogen) atoms. The van der Waals surface area contributed by atoms with Crippen LogP contribution in [0.15, 0.2) is 0 Å². The van der Waals surface area contributed by atoms with Crippen LogP contribution in [0.3, 0.4) is 0 Å². The quantitative estimate of drug-likeness (QED) is 0.470. The number of aliphatic hydroxyl groups is 1. The molecule has 3 saturated heterocycles. The Morgan fingerprint density at radius 3 is 2.38 bits per heavy atom. The lowest BCUT2D eigenvalue weighted by Gasteiger charge is -2.41. The summed E-state index contributed by atoms with van der Waals surface area (Å²) >= 11 is 0. The normalized spacial score (nSPS) is 31.7. The van der Waals surface area contributed by atoms with E-state index >= 15 is 0 Å². The van der Waals surface area contributed by atoms with Gasteiger partial charge in [-0.2, -0.15) is 0 Å². The van der Waals surface area contributed by atoms with Crippen LogP contribution in [0.25, 0.3) is 0 Å². The molecule has 3 amide bonds. The standard InChI is InChI=1S/C26H45N3O5/c1-9-12-27-21(31)18-17-10-11-26(34-17)19(18)23(33)29(16(13-30)15(2)3)20(26)22(32)28-25(7,8)14-24(4,5)6/h15-20,30H,9-14H2,1-8H3,(H,27,31)(H,28,32)/t16-,17+,18-,19-,20?,26?/m0/s1. The fourth-order valence-corrected chi connectivity index (χ4v) is 6.81. The van der Waals surface area contributed by atoms with Crippen LogP contribution < -0.4 is 10.6 Å². The molecule has 0 aliphatic carbocycles. The number of ether oxygens (including phenoxy) is 1. The highest BCUT2D eigenvalue weighted by Crippen LogP contribution is 2.59. The zero-order valence-electron chi connectivity index (χ0n) is 22.2. The van der Waals surface area contributed by atoms with E-state index in [1.807, 2.05) is 34.6 Å². The fourth-order valence-electron chi connectivity index (χ4n) is 6.81. The lowest BCUT2D eigenvalue weighted by atomic mass is 9.70. The van der Waals surface area contributed by atoms with Crippen LogP contribution in [0.4, 0.5) is 0 Å². The smallest absolute Gasteiger partial charge is 0.246 e. The third-order valence-electron chi connectivity index (χ3n) is 7.59. The van der Waals surface area contributed by atoms with Crippen molar-refractivity contribution in [1.82, 2.24) is 15.5 Å². The largest absolute Gasteiger partial charge is 0.394 e. The molecule has 0 saturated carbocycles. The summed E-state index contributed by atoms with van der Waals surface area (Å²) in [7, 11) is 0. The van der Waals surface area contributed by atoms with Crippen molar-refractivity contribution in [2.24, 2.45) is 23.2 Å². The lowest BCUT2D eigenvalue weighted by molar-refractivity contribution is -0.147. The zero-order valence-corrected chi connectivity index (χ0v) is 22.2. The number of likely N-dealkylation sites (tertiary alicyclic amines) is 1. The van der Waals surface area contributed by atoms with Gasteiger partial charge in [0.15, 0.2) is 0 Å². The van der Waals surface area contributed by atoms with Gasteiger partial charge in [-0.25, -0.2) is 0 Å². The minimum Gasteiger partial charge on any atom is -0.394 e. The first-order chi connectivity index (χ1) is 15.7. The molecule has 2 unspecified atom stereocenters. The highest BCUT2D eigenvalue weighted by Gasteiger charge is 2.75. The number of carbonyl (C=O) groups is 3. The van der Waals surface area contributed by atoms with Crippen LogP contribution in [-0.4, -0.2) is 70.2 Å². The van der Waals surface area contributed by atoms with Gasteiger partial charge in [0, 0.05) is 12.1 Å². The Hall–Kier alpha value is -1.67. The number of nitrogens with zero attached hydrogens (tertiary/aromatic N) is 1. The minimum atomic E-state index is -1.04. The second-order valence-corrected chi connectivity index (χ2v) is 12.7. The molecule has 0 aromatic rings. The Morgan fingerprint density at radius 2 is 1.85 bits per heavy atom. The highest BCUT2D eigenvalue weighted by molar-refractivity contribution is 5.99. The van der Waals surface area contributed by atoms with Crippen molar-refractivity contribution in [3.05, 3.63) is 0 Å². The van der Waals surface area contributed by atoms with Crippen LogP contribution in [0.2, 0.25) is 0 Å². The Bertz CT molecular complexity index is 805. The van der Waals surface area contributed by atoms with Gasteiger partial charge in [0.2, 0.25) is 17.7 Å². The van der Waals surface area contributed by atoms with Crippen LogP contribution >= 0.6 is 0 Å². The van der Waals surface area contributed by atoms with E-state index < -0.39 is 35.1 Å². The van der Waals surface area contributed by atoms with Crippen LogP contribution in [0, 0.1) is 23.2 Å². The summed E-state index contributed by atoms with van der Waals surface area (Å²) in [6.45, 7) is 16.5. The number of fused-ring (bicyclic) bond motifs is 1. The molecule has 0 aromatic carbocycles. The zero-order chi connectivity index (χ0) is 25.6. The number of carbonyl (C=O) groups excluding carboxylic acids is 3. The van der Waals surface area contributed by atoms with Gasteiger partial charge in [0.25, 0.3) is 0 Å². The lowest BCUT2D eigenvalue weighted by Crippen LogP contribution is -2.61. The summed E-state index contributed by atoms with van der Waals surface area (Å²) in [5, 5.41) is 16.4. The molecule has 0 aromatic heterocycles. The molecule has 8 heteroatoms. The van der Waals surface area contributed by atoms with E-state index in [1.54, 1.807) is 4.90 Å². The SMILES string of the molecule is CCCNC(=O)[C@@H]1[C@H]2C(=O)N([C@@H](CO)C(C)C)C(C(=O)NC(C)(C)CC(C)(C)C)C23CC[C@H]1O3. The van der Waals surface area contributed by atoms with Crippen molar-refractivity contribution >= 4 is 17.7 Å². The van der Waals surface area contributed by atoms with Crippen LogP contribution in [0.1, 0.15) is 81.1 Å². The number of rotatable bonds is 9. The summed E-state index contributed by atoms with van der Waals surface area (Å²) in [6.07, 6.45) is 2.38. The van der Waals surface area contributed by atoms with Crippen LogP contribution in [0.5, 0.6) is 0 Å². The van der Waals surface area contributed by atoms with Crippen molar-refractivity contribution in [3.8, 4) is 0 Å². The third-order valence-corrected chi connectivity index (χ3v) is 7.59. The van der Waals surface area contributed by atoms with E-state index in [-0.39, 0.29) is 41.8 Å². The molecule has 2 bridgehead atoms. The van der Waals surface area contributed by atoms with Gasteiger partial charge in [-0.1, -0.05) is 41.5 Å². The van der Waals surface area contributed by atoms with E-state index in [9.17, 15) is 19.5 Å². The number of aliphatic hydroxyl groups excluding tert-OH is 1.